The van der Waals surface area contributed by atoms with Gasteiger partial charge in [0.1, 0.15) is 17.3 Å². The van der Waals surface area contributed by atoms with Crippen molar-refractivity contribution in [3.8, 4) is 5.75 Å². The highest BCUT2D eigenvalue weighted by Crippen LogP contribution is 2.28. The number of benzene rings is 2. The fraction of sp³-hybridized carbons (Fsp3) is 0.0667. The van der Waals surface area contributed by atoms with E-state index in [9.17, 15) is 8.42 Å². The second-order valence-electron chi connectivity index (χ2n) is 4.92. The van der Waals surface area contributed by atoms with Crippen molar-refractivity contribution in [2.45, 2.75) is 11.5 Å². The lowest BCUT2D eigenvalue weighted by Gasteiger charge is -2.07. The summed E-state index contributed by atoms with van der Waals surface area (Å²) in [5, 5.41) is 9.20. The summed E-state index contributed by atoms with van der Waals surface area (Å²) in [6.07, 6.45) is 0. The number of halogens is 3. The summed E-state index contributed by atoms with van der Waals surface area (Å²) in [7, 11) is -3.94. The van der Waals surface area contributed by atoms with Crippen LogP contribution < -0.4 is 9.46 Å². The Morgan fingerprint density at radius 2 is 1.69 bits per heavy atom. The molecule has 0 aliphatic heterocycles. The number of nitrogens with zero attached hydrogens (tertiary/aromatic N) is 2. The molecule has 0 saturated carbocycles. The van der Waals surface area contributed by atoms with Crippen molar-refractivity contribution < 1.29 is 13.2 Å². The number of hydrogen-bond donors (Lipinski definition) is 1. The summed E-state index contributed by atoms with van der Waals surface area (Å²) in [5.74, 6) is 0.609. The molecule has 0 amide bonds. The van der Waals surface area contributed by atoms with Crippen molar-refractivity contribution in [3.05, 3.63) is 62.5 Å². The smallest absolute Gasteiger partial charge is 0.265 e. The van der Waals surface area contributed by atoms with E-state index in [0.29, 0.717) is 15.8 Å². The zero-order chi connectivity index (χ0) is 18.7. The van der Waals surface area contributed by atoms with Crippen LogP contribution in [0.25, 0.3) is 0 Å². The van der Waals surface area contributed by atoms with Gasteiger partial charge in [0, 0.05) is 10.0 Å². The van der Waals surface area contributed by atoms with Gasteiger partial charge in [0.15, 0.2) is 5.01 Å². The molecule has 26 heavy (non-hydrogen) atoms. The highest BCUT2D eigenvalue weighted by Gasteiger charge is 2.20. The highest BCUT2D eigenvalue weighted by molar-refractivity contribution is 7.93. The van der Waals surface area contributed by atoms with Gasteiger partial charge in [-0.05, 0) is 42.5 Å². The van der Waals surface area contributed by atoms with Crippen LogP contribution in [0.1, 0.15) is 5.01 Å². The van der Waals surface area contributed by atoms with E-state index in [-0.39, 0.29) is 26.7 Å². The largest absolute Gasteiger partial charge is 0.486 e. The molecule has 1 heterocycles. The maximum absolute atomic E-state index is 12.4. The van der Waals surface area contributed by atoms with Crippen molar-refractivity contribution in [1.29, 1.82) is 0 Å². The Morgan fingerprint density at radius 3 is 2.42 bits per heavy atom. The molecule has 0 aliphatic carbocycles. The first-order valence-corrected chi connectivity index (χ1v) is 10.5. The van der Waals surface area contributed by atoms with Crippen LogP contribution in [0.5, 0.6) is 5.75 Å². The second-order valence-corrected chi connectivity index (χ2v) is 8.92. The zero-order valence-corrected chi connectivity index (χ0v) is 16.7. The molecule has 136 valence electrons. The Hall–Kier alpha value is -1.58. The van der Waals surface area contributed by atoms with Gasteiger partial charge in [-0.25, -0.2) is 8.42 Å². The van der Waals surface area contributed by atoms with Gasteiger partial charge in [0.2, 0.25) is 5.13 Å². The van der Waals surface area contributed by atoms with E-state index in [1.54, 1.807) is 24.3 Å². The lowest BCUT2D eigenvalue weighted by molar-refractivity contribution is 0.304. The number of hydrogen-bond acceptors (Lipinski definition) is 6. The average Bonchev–Trinajstić information content (AvgIpc) is 3.03. The molecular formula is C15H10Cl3N3O3S2. The monoisotopic (exact) mass is 449 g/mol. The summed E-state index contributed by atoms with van der Waals surface area (Å²) in [5.41, 5.74) is 0. The van der Waals surface area contributed by atoms with Crippen molar-refractivity contribution >= 4 is 61.3 Å². The molecule has 0 saturated heterocycles. The molecule has 0 bridgehead atoms. The minimum atomic E-state index is -3.94. The molecule has 0 spiro atoms. The molecule has 0 radical (unpaired) electrons. The van der Waals surface area contributed by atoms with E-state index in [4.69, 9.17) is 39.5 Å². The van der Waals surface area contributed by atoms with Gasteiger partial charge in [-0.3, -0.25) is 4.72 Å². The molecule has 0 atom stereocenters. The summed E-state index contributed by atoms with van der Waals surface area (Å²) in [6, 6.07) is 11.0. The van der Waals surface area contributed by atoms with Gasteiger partial charge in [0.25, 0.3) is 10.0 Å². The van der Waals surface area contributed by atoms with Crippen molar-refractivity contribution in [2.75, 3.05) is 4.72 Å². The molecule has 11 heteroatoms. The minimum Gasteiger partial charge on any atom is -0.486 e. The fourth-order valence-corrected chi connectivity index (χ4v) is 4.65. The molecule has 0 aliphatic rings. The van der Waals surface area contributed by atoms with Crippen LogP contribution in [-0.2, 0) is 16.6 Å². The number of anilines is 1. The molecule has 6 nitrogen and oxygen atoms in total. The molecule has 2 aromatic carbocycles. The molecule has 0 fully saturated rings. The van der Waals surface area contributed by atoms with Crippen molar-refractivity contribution in [3.63, 3.8) is 0 Å². The fourth-order valence-electron chi connectivity index (χ4n) is 1.88. The van der Waals surface area contributed by atoms with Crippen LogP contribution in [-0.4, -0.2) is 18.6 Å². The van der Waals surface area contributed by atoms with E-state index in [2.05, 4.69) is 14.9 Å². The van der Waals surface area contributed by atoms with Gasteiger partial charge in [-0.15, -0.1) is 10.2 Å². The summed E-state index contributed by atoms with van der Waals surface area (Å²) in [4.78, 5) is -0.138. The van der Waals surface area contributed by atoms with E-state index >= 15 is 0 Å². The summed E-state index contributed by atoms with van der Waals surface area (Å²) < 4.78 is 32.7. The van der Waals surface area contributed by atoms with Crippen LogP contribution in [0.4, 0.5) is 5.13 Å². The van der Waals surface area contributed by atoms with Crippen LogP contribution in [0, 0.1) is 0 Å². The predicted molar refractivity (Wildman–Crippen MR) is 103 cm³/mol. The molecule has 1 N–H and O–H groups in total. The third-order valence-corrected chi connectivity index (χ3v) is 6.30. The Bertz CT molecular complexity index is 1020. The van der Waals surface area contributed by atoms with E-state index < -0.39 is 10.0 Å². The third kappa shape index (κ3) is 4.77. The summed E-state index contributed by atoms with van der Waals surface area (Å²) in [6.45, 7) is 0.138. The SMILES string of the molecule is O=S(=O)(Nc1nnc(COc2ccc(Cl)cc2)s1)c1cc(Cl)ccc1Cl. The molecule has 1 aromatic heterocycles. The maximum Gasteiger partial charge on any atom is 0.265 e. The van der Waals surface area contributed by atoms with Crippen molar-refractivity contribution in [1.82, 2.24) is 10.2 Å². The number of ether oxygens (including phenoxy) is 1. The quantitative estimate of drug-likeness (QED) is 0.579. The predicted octanol–water partition coefficient (Wildman–Crippen LogP) is 4.88. The second kappa shape index (κ2) is 7.98. The summed E-state index contributed by atoms with van der Waals surface area (Å²) >= 11 is 18.6. The first-order valence-electron chi connectivity index (χ1n) is 7.02. The number of rotatable bonds is 6. The maximum atomic E-state index is 12.4. The lowest BCUT2D eigenvalue weighted by atomic mass is 10.3. The van der Waals surface area contributed by atoms with E-state index in [1.165, 1.54) is 18.2 Å². The van der Waals surface area contributed by atoms with Gasteiger partial charge >= 0.3 is 0 Å². The average molecular weight is 451 g/mol. The molecule has 0 unspecified atom stereocenters. The standard InChI is InChI=1S/C15H10Cl3N3O3S2/c16-9-1-4-11(5-2-9)24-8-14-19-20-15(25-14)21-26(22,23)13-7-10(17)3-6-12(13)18/h1-7H,8H2,(H,20,21). The highest BCUT2D eigenvalue weighted by atomic mass is 35.5. The zero-order valence-electron chi connectivity index (χ0n) is 12.8. The Morgan fingerprint density at radius 1 is 1.00 bits per heavy atom. The van der Waals surface area contributed by atoms with E-state index in [1.807, 2.05) is 0 Å². The molecular weight excluding hydrogens is 441 g/mol. The van der Waals surface area contributed by atoms with Crippen LogP contribution in [0.3, 0.4) is 0 Å². The van der Waals surface area contributed by atoms with Gasteiger partial charge < -0.3 is 4.74 Å². The number of nitrogens with one attached hydrogen (secondary N) is 1. The van der Waals surface area contributed by atoms with Gasteiger partial charge in [0.05, 0.1) is 5.02 Å². The molecule has 3 aromatic rings. The third-order valence-electron chi connectivity index (χ3n) is 3.05. The topological polar surface area (TPSA) is 81.2 Å². The number of sulfonamides is 1. The Labute approximate surface area is 168 Å². The lowest BCUT2D eigenvalue weighted by Crippen LogP contribution is -2.13. The molecule has 3 rings (SSSR count). The van der Waals surface area contributed by atoms with Crippen molar-refractivity contribution in [2.24, 2.45) is 0 Å². The normalized spacial score (nSPS) is 11.3. The number of aromatic nitrogens is 2. The van der Waals surface area contributed by atoms with Crippen LogP contribution in [0.15, 0.2) is 47.4 Å². The first kappa shape index (κ1) is 19.2. The van der Waals surface area contributed by atoms with Gasteiger partial charge in [-0.2, -0.15) is 0 Å². The Kier molecular flexibility index (Phi) is 5.89. The van der Waals surface area contributed by atoms with Crippen LogP contribution in [0.2, 0.25) is 15.1 Å². The Balaban J connectivity index is 1.69. The van der Waals surface area contributed by atoms with Crippen LogP contribution >= 0.6 is 46.1 Å². The van der Waals surface area contributed by atoms with E-state index in [0.717, 1.165) is 11.3 Å². The van der Waals surface area contributed by atoms with Gasteiger partial charge in [-0.1, -0.05) is 46.1 Å². The minimum absolute atomic E-state index is 0.0534. The first-order chi connectivity index (χ1) is 12.3.